The number of ether oxygens (including phenoxy) is 1. The van der Waals surface area contributed by atoms with E-state index in [1.54, 1.807) is 0 Å². The molecule has 25 heavy (non-hydrogen) atoms. The molecule has 0 unspecified atom stereocenters. The molecular formula is C23H42OS. The van der Waals surface area contributed by atoms with Crippen molar-refractivity contribution in [2.75, 3.05) is 6.26 Å². The van der Waals surface area contributed by atoms with Crippen molar-refractivity contribution in [1.29, 1.82) is 0 Å². The maximum absolute atomic E-state index is 6.66. The van der Waals surface area contributed by atoms with E-state index in [0.717, 1.165) is 11.7 Å². The molecule has 2 heteroatoms. The van der Waals surface area contributed by atoms with Crippen LogP contribution in [0.1, 0.15) is 86.5 Å². The van der Waals surface area contributed by atoms with E-state index in [9.17, 15) is 0 Å². The molecule has 4 atom stereocenters. The van der Waals surface area contributed by atoms with Crippen LogP contribution >= 0.6 is 11.8 Å². The summed E-state index contributed by atoms with van der Waals surface area (Å²) in [5.74, 6) is 3.97. The molecule has 0 saturated heterocycles. The molecular weight excluding hydrogens is 324 g/mol. The minimum absolute atomic E-state index is 0.376. The van der Waals surface area contributed by atoms with Gasteiger partial charge in [0.25, 0.3) is 0 Å². The van der Waals surface area contributed by atoms with Crippen molar-refractivity contribution < 1.29 is 4.74 Å². The van der Waals surface area contributed by atoms with Crippen LogP contribution in [0, 0.1) is 23.7 Å². The van der Waals surface area contributed by atoms with Gasteiger partial charge in [0.15, 0.2) is 0 Å². The van der Waals surface area contributed by atoms with Gasteiger partial charge in [0.2, 0.25) is 0 Å². The molecule has 0 aliphatic heterocycles. The van der Waals surface area contributed by atoms with Crippen LogP contribution in [-0.2, 0) is 4.74 Å². The second-order valence-corrected chi connectivity index (χ2v) is 9.03. The predicted octanol–water partition coefficient (Wildman–Crippen LogP) is 7.83. The average Bonchev–Trinajstić information content (AvgIpc) is 2.60. The first-order chi connectivity index (χ1) is 12.0. The fourth-order valence-corrected chi connectivity index (χ4v) is 4.71. The largest absolute Gasteiger partial charge is 0.489 e. The Hall–Kier alpha value is -0.370. The summed E-state index contributed by atoms with van der Waals surface area (Å²) in [6.07, 6.45) is 16.2. The molecule has 0 amide bonds. The van der Waals surface area contributed by atoms with Crippen LogP contribution in [-0.4, -0.2) is 12.4 Å². The molecule has 0 spiro atoms. The molecule has 0 aromatic rings. The lowest BCUT2D eigenvalue weighted by Gasteiger charge is -2.38. The molecule has 1 fully saturated rings. The highest BCUT2D eigenvalue weighted by Gasteiger charge is 2.33. The van der Waals surface area contributed by atoms with Gasteiger partial charge in [0, 0.05) is 4.91 Å². The molecule has 0 aromatic heterocycles. The Morgan fingerprint density at radius 2 is 1.96 bits per heavy atom. The third kappa shape index (κ3) is 7.41. The van der Waals surface area contributed by atoms with Crippen molar-refractivity contribution in [2.24, 2.45) is 23.7 Å². The standard InChI is InChI=1S/C23H42OS/c1-8-11-12-19(9-2)16-23(25-7)21(10-3)24-22-15-18(6)13-14-20(22)17(4)5/h10,16-20,22H,8-9,11-15H2,1-7H3/b21-10-,23-16+/t18-,19-,20+,22-/m1/s1. The second-order valence-electron chi connectivity index (χ2n) is 8.18. The quantitative estimate of drug-likeness (QED) is 0.288. The van der Waals surface area contributed by atoms with E-state index < -0.39 is 0 Å². The van der Waals surface area contributed by atoms with Crippen molar-refractivity contribution in [3.8, 4) is 0 Å². The van der Waals surface area contributed by atoms with Crippen LogP contribution in [0.2, 0.25) is 0 Å². The topological polar surface area (TPSA) is 9.23 Å². The zero-order chi connectivity index (χ0) is 18.8. The summed E-state index contributed by atoms with van der Waals surface area (Å²) in [7, 11) is 0. The molecule has 1 aliphatic carbocycles. The third-order valence-corrected chi connectivity index (χ3v) is 6.58. The SMILES string of the molecule is C/C=C(O[C@@H]1C[C@H](C)CC[C@H]1C(C)C)/C(=C\[C@H](CC)CCCC)SC. The zero-order valence-electron chi connectivity index (χ0n) is 17.8. The zero-order valence-corrected chi connectivity index (χ0v) is 18.6. The van der Waals surface area contributed by atoms with Gasteiger partial charge in [0.05, 0.1) is 0 Å². The van der Waals surface area contributed by atoms with E-state index in [1.165, 1.54) is 49.9 Å². The van der Waals surface area contributed by atoms with E-state index in [1.807, 2.05) is 11.8 Å². The molecule has 146 valence electrons. The lowest BCUT2D eigenvalue weighted by atomic mass is 9.75. The van der Waals surface area contributed by atoms with Crippen LogP contribution < -0.4 is 0 Å². The van der Waals surface area contributed by atoms with Gasteiger partial charge in [-0.2, -0.15) is 0 Å². The van der Waals surface area contributed by atoms with Gasteiger partial charge in [0.1, 0.15) is 11.9 Å². The summed E-state index contributed by atoms with van der Waals surface area (Å²) in [6, 6.07) is 0. The fraction of sp³-hybridized carbons (Fsp3) is 0.826. The summed E-state index contributed by atoms with van der Waals surface area (Å²) < 4.78 is 6.66. The Morgan fingerprint density at radius 3 is 2.48 bits per heavy atom. The van der Waals surface area contributed by atoms with Gasteiger partial charge in [-0.25, -0.2) is 0 Å². The van der Waals surface area contributed by atoms with Crippen LogP contribution in [0.25, 0.3) is 0 Å². The molecule has 0 bridgehead atoms. The smallest absolute Gasteiger partial charge is 0.128 e. The number of thioether (sulfide) groups is 1. The first kappa shape index (κ1) is 22.7. The first-order valence-electron chi connectivity index (χ1n) is 10.6. The molecule has 0 radical (unpaired) electrons. The van der Waals surface area contributed by atoms with Crippen molar-refractivity contribution in [3.63, 3.8) is 0 Å². The first-order valence-corrected chi connectivity index (χ1v) is 11.8. The van der Waals surface area contributed by atoms with Crippen LogP contribution in [0.3, 0.4) is 0 Å². The normalized spacial score (nSPS) is 26.8. The fourth-order valence-electron chi connectivity index (χ4n) is 4.02. The van der Waals surface area contributed by atoms with Gasteiger partial charge < -0.3 is 4.74 Å². The van der Waals surface area contributed by atoms with Crippen LogP contribution in [0.5, 0.6) is 0 Å². The van der Waals surface area contributed by atoms with Crippen LogP contribution in [0.4, 0.5) is 0 Å². The summed E-state index contributed by atoms with van der Waals surface area (Å²) in [6.45, 7) is 13.8. The average molecular weight is 367 g/mol. The molecule has 0 heterocycles. The minimum atomic E-state index is 0.376. The number of rotatable bonds is 10. The van der Waals surface area contributed by atoms with Crippen LogP contribution in [0.15, 0.2) is 22.8 Å². The van der Waals surface area contributed by atoms with Gasteiger partial charge in [-0.05, 0) is 68.6 Å². The van der Waals surface area contributed by atoms with Crippen molar-refractivity contribution in [2.45, 2.75) is 92.6 Å². The van der Waals surface area contributed by atoms with Crippen molar-refractivity contribution in [3.05, 3.63) is 22.8 Å². The monoisotopic (exact) mass is 366 g/mol. The van der Waals surface area contributed by atoms with E-state index in [-0.39, 0.29) is 0 Å². The lowest BCUT2D eigenvalue weighted by Crippen LogP contribution is -2.34. The Morgan fingerprint density at radius 1 is 1.24 bits per heavy atom. The lowest BCUT2D eigenvalue weighted by molar-refractivity contribution is 0.00274. The number of hydrogen-bond acceptors (Lipinski definition) is 2. The summed E-state index contributed by atoms with van der Waals surface area (Å²) in [5.41, 5.74) is 0. The van der Waals surface area contributed by atoms with E-state index in [4.69, 9.17) is 4.74 Å². The van der Waals surface area contributed by atoms with Gasteiger partial charge in [-0.3, -0.25) is 0 Å². The number of unbranched alkanes of at least 4 members (excludes halogenated alkanes) is 1. The highest BCUT2D eigenvalue weighted by Crippen LogP contribution is 2.38. The van der Waals surface area contributed by atoms with E-state index in [2.05, 4.69) is 60.0 Å². The maximum Gasteiger partial charge on any atom is 0.128 e. The number of allylic oxidation sites excluding steroid dienone is 2. The molecule has 1 aliphatic rings. The van der Waals surface area contributed by atoms with E-state index >= 15 is 0 Å². The highest BCUT2D eigenvalue weighted by atomic mass is 32.2. The predicted molar refractivity (Wildman–Crippen MR) is 115 cm³/mol. The molecule has 1 nitrogen and oxygen atoms in total. The third-order valence-electron chi connectivity index (χ3n) is 5.80. The Balaban J connectivity index is 2.89. The highest BCUT2D eigenvalue weighted by molar-refractivity contribution is 8.02. The number of hydrogen-bond donors (Lipinski definition) is 0. The second kappa shape index (κ2) is 12.1. The summed E-state index contributed by atoms with van der Waals surface area (Å²) >= 11 is 1.85. The minimum Gasteiger partial charge on any atom is -0.489 e. The maximum atomic E-state index is 6.66. The summed E-state index contributed by atoms with van der Waals surface area (Å²) in [5, 5.41) is 0. The van der Waals surface area contributed by atoms with Crippen molar-refractivity contribution in [1.82, 2.24) is 0 Å². The molecule has 0 aromatic carbocycles. The van der Waals surface area contributed by atoms with Crippen molar-refractivity contribution >= 4 is 11.8 Å². The van der Waals surface area contributed by atoms with E-state index in [0.29, 0.717) is 23.9 Å². The molecule has 1 saturated carbocycles. The molecule has 0 N–H and O–H groups in total. The molecule has 1 rings (SSSR count). The van der Waals surface area contributed by atoms with Gasteiger partial charge in [-0.15, -0.1) is 11.8 Å². The summed E-state index contributed by atoms with van der Waals surface area (Å²) in [4.78, 5) is 1.34. The Kier molecular flexibility index (Phi) is 11.0. The Bertz CT molecular complexity index is 424. The van der Waals surface area contributed by atoms with Gasteiger partial charge in [-0.1, -0.05) is 60.0 Å². The Labute approximate surface area is 162 Å². The van der Waals surface area contributed by atoms with Gasteiger partial charge >= 0.3 is 0 Å².